The van der Waals surface area contributed by atoms with Gasteiger partial charge in [0.2, 0.25) is 5.91 Å². The van der Waals surface area contributed by atoms with E-state index in [0.717, 1.165) is 5.56 Å². The van der Waals surface area contributed by atoms with Crippen LogP contribution in [0.5, 0.6) is 0 Å². The summed E-state index contributed by atoms with van der Waals surface area (Å²) in [6.45, 7) is 1.87. The third-order valence-corrected chi connectivity index (χ3v) is 3.31. The monoisotopic (exact) mass is 283 g/mol. The van der Waals surface area contributed by atoms with Gasteiger partial charge in [-0.2, -0.15) is 11.8 Å². The molecule has 1 aromatic carbocycles. The topological polar surface area (TPSA) is 49.3 Å². The second-order valence-electron chi connectivity index (χ2n) is 4.53. The van der Waals surface area contributed by atoms with Crippen molar-refractivity contribution in [2.75, 3.05) is 18.6 Å². The van der Waals surface area contributed by atoms with Crippen LogP contribution in [0.1, 0.15) is 12.5 Å². The molecular formula is C14H18FNO2S. The molecule has 104 valence electrons. The standard InChI is InChI=1S/C14H18FNO2S/c1-14(18,10-19-2)9-16-13(17)8-5-11-3-6-12(15)7-4-11/h3-8,18H,9-10H2,1-2H3,(H,16,17)/b8-5+/t14-/m0/s1. The molecule has 2 N–H and O–H groups in total. The van der Waals surface area contributed by atoms with Gasteiger partial charge in [-0.3, -0.25) is 4.79 Å². The number of benzene rings is 1. The summed E-state index contributed by atoms with van der Waals surface area (Å²) in [4.78, 5) is 11.5. The molecule has 1 rings (SSSR count). The van der Waals surface area contributed by atoms with E-state index >= 15 is 0 Å². The van der Waals surface area contributed by atoms with Gasteiger partial charge in [-0.15, -0.1) is 0 Å². The Morgan fingerprint density at radius 1 is 1.47 bits per heavy atom. The first kappa shape index (κ1) is 15.7. The minimum absolute atomic E-state index is 0.195. The van der Waals surface area contributed by atoms with E-state index in [-0.39, 0.29) is 18.3 Å². The normalized spacial score (nSPS) is 14.3. The van der Waals surface area contributed by atoms with Crippen LogP contribution in [-0.2, 0) is 4.79 Å². The molecule has 0 bridgehead atoms. The Morgan fingerprint density at radius 3 is 2.68 bits per heavy atom. The van der Waals surface area contributed by atoms with Crippen molar-refractivity contribution in [1.82, 2.24) is 5.32 Å². The maximum absolute atomic E-state index is 12.7. The molecule has 0 aromatic heterocycles. The fraction of sp³-hybridized carbons (Fsp3) is 0.357. The average molecular weight is 283 g/mol. The van der Waals surface area contributed by atoms with Crippen molar-refractivity contribution >= 4 is 23.7 Å². The van der Waals surface area contributed by atoms with Gasteiger partial charge in [-0.1, -0.05) is 12.1 Å². The second kappa shape index (κ2) is 7.31. The average Bonchev–Trinajstić information content (AvgIpc) is 2.36. The van der Waals surface area contributed by atoms with Crippen LogP contribution in [0.2, 0.25) is 0 Å². The van der Waals surface area contributed by atoms with Crippen molar-refractivity contribution in [3.8, 4) is 0 Å². The number of amides is 1. The summed E-state index contributed by atoms with van der Waals surface area (Å²) in [6, 6.07) is 5.84. The molecule has 0 aliphatic carbocycles. The number of aliphatic hydroxyl groups is 1. The van der Waals surface area contributed by atoms with Gasteiger partial charge in [0.1, 0.15) is 5.82 Å². The van der Waals surface area contributed by atoms with E-state index in [1.807, 2.05) is 6.26 Å². The third-order valence-electron chi connectivity index (χ3n) is 2.40. The van der Waals surface area contributed by atoms with Crippen LogP contribution in [0.15, 0.2) is 30.3 Å². The van der Waals surface area contributed by atoms with E-state index in [1.165, 1.54) is 30.0 Å². The highest BCUT2D eigenvalue weighted by Gasteiger charge is 2.19. The van der Waals surface area contributed by atoms with Crippen molar-refractivity contribution < 1.29 is 14.3 Å². The van der Waals surface area contributed by atoms with Crippen molar-refractivity contribution in [2.45, 2.75) is 12.5 Å². The fourth-order valence-electron chi connectivity index (χ4n) is 1.44. The number of carbonyl (C=O) groups is 1. The molecule has 0 aliphatic heterocycles. The molecule has 0 saturated heterocycles. The van der Waals surface area contributed by atoms with Gasteiger partial charge in [-0.05, 0) is 37.0 Å². The molecular weight excluding hydrogens is 265 g/mol. The molecule has 1 amide bonds. The van der Waals surface area contributed by atoms with Crippen molar-refractivity contribution in [3.05, 3.63) is 41.7 Å². The SMILES string of the molecule is CSC[C@@](C)(O)CNC(=O)/C=C/c1ccc(F)cc1. The lowest BCUT2D eigenvalue weighted by atomic mass is 10.1. The molecule has 3 nitrogen and oxygen atoms in total. The largest absolute Gasteiger partial charge is 0.387 e. The summed E-state index contributed by atoms with van der Waals surface area (Å²) >= 11 is 1.52. The lowest BCUT2D eigenvalue weighted by Gasteiger charge is -2.21. The first-order valence-corrected chi connectivity index (χ1v) is 7.25. The highest BCUT2D eigenvalue weighted by molar-refractivity contribution is 7.98. The van der Waals surface area contributed by atoms with Crippen LogP contribution in [0, 0.1) is 5.82 Å². The first-order valence-electron chi connectivity index (χ1n) is 5.86. The molecule has 1 aromatic rings. The molecule has 0 radical (unpaired) electrons. The molecule has 0 fully saturated rings. The predicted molar refractivity (Wildman–Crippen MR) is 77.4 cm³/mol. The summed E-state index contributed by atoms with van der Waals surface area (Å²) < 4.78 is 12.7. The van der Waals surface area contributed by atoms with Crippen LogP contribution < -0.4 is 5.32 Å². The van der Waals surface area contributed by atoms with E-state index < -0.39 is 5.60 Å². The van der Waals surface area contributed by atoms with Crippen LogP contribution >= 0.6 is 11.8 Å². The number of thioether (sulfide) groups is 1. The smallest absolute Gasteiger partial charge is 0.244 e. The number of carbonyl (C=O) groups excluding carboxylic acids is 1. The summed E-state index contributed by atoms with van der Waals surface area (Å²) in [7, 11) is 0. The zero-order chi connectivity index (χ0) is 14.3. The van der Waals surface area contributed by atoms with Gasteiger partial charge in [0.15, 0.2) is 0 Å². The van der Waals surface area contributed by atoms with Crippen LogP contribution in [0.4, 0.5) is 4.39 Å². The number of hydrogen-bond acceptors (Lipinski definition) is 3. The number of hydrogen-bond donors (Lipinski definition) is 2. The van der Waals surface area contributed by atoms with Crippen LogP contribution in [-0.4, -0.2) is 35.2 Å². The van der Waals surface area contributed by atoms with Gasteiger partial charge < -0.3 is 10.4 Å². The van der Waals surface area contributed by atoms with E-state index in [9.17, 15) is 14.3 Å². The van der Waals surface area contributed by atoms with E-state index in [4.69, 9.17) is 0 Å². The predicted octanol–water partition coefficient (Wildman–Crippen LogP) is 2.07. The Bertz CT molecular complexity index is 443. The summed E-state index contributed by atoms with van der Waals surface area (Å²) in [5.41, 5.74) is -0.175. The molecule has 0 unspecified atom stereocenters. The molecule has 5 heteroatoms. The summed E-state index contributed by atoms with van der Waals surface area (Å²) in [5, 5.41) is 12.5. The molecule has 1 atom stereocenters. The Labute approximate surface area is 116 Å². The maximum atomic E-state index is 12.7. The molecule has 19 heavy (non-hydrogen) atoms. The zero-order valence-electron chi connectivity index (χ0n) is 11.0. The van der Waals surface area contributed by atoms with Crippen molar-refractivity contribution in [2.24, 2.45) is 0 Å². The number of halogens is 1. The van der Waals surface area contributed by atoms with Crippen molar-refractivity contribution in [1.29, 1.82) is 0 Å². The zero-order valence-corrected chi connectivity index (χ0v) is 11.8. The maximum Gasteiger partial charge on any atom is 0.244 e. The Hall–Kier alpha value is -1.33. The number of rotatable bonds is 6. The number of nitrogens with one attached hydrogen (secondary N) is 1. The Morgan fingerprint density at radius 2 is 2.11 bits per heavy atom. The molecule has 0 saturated carbocycles. The molecule has 0 spiro atoms. The van der Waals surface area contributed by atoms with Crippen molar-refractivity contribution in [3.63, 3.8) is 0 Å². The lowest BCUT2D eigenvalue weighted by Crippen LogP contribution is -2.41. The van der Waals surface area contributed by atoms with Gasteiger partial charge in [-0.25, -0.2) is 4.39 Å². The van der Waals surface area contributed by atoms with Gasteiger partial charge in [0, 0.05) is 18.4 Å². The molecule has 0 aliphatic rings. The fourth-order valence-corrected chi connectivity index (χ4v) is 2.17. The highest BCUT2D eigenvalue weighted by Crippen LogP contribution is 2.09. The van der Waals surface area contributed by atoms with Crippen LogP contribution in [0.3, 0.4) is 0 Å². The van der Waals surface area contributed by atoms with Gasteiger partial charge >= 0.3 is 0 Å². The quantitative estimate of drug-likeness (QED) is 0.786. The minimum atomic E-state index is -0.918. The van der Waals surface area contributed by atoms with E-state index in [0.29, 0.717) is 5.75 Å². The lowest BCUT2D eigenvalue weighted by molar-refractivity contribution is -0.117. The van der Waals surface area contributed by atoms with E-state index in [1.54, 1.807) is 25.1 Å². The van der Waals surface area contributed by atoms with Crippen LogP contribution in [0.25, 0.3) is 6.08 Å². The molecule has 0 heterocycles. The third kappa shape index (κ3) is 6.40. The minimum Gasteiger partial charge on any atom is -0.387 e. The van der Waals surface area contributed by atoms with Gasteiger partial charge in [0.25, 0.3) is 0 Å². The van der Waals surface area contributed by atoms with E-state index in [2.05, 4.69) is 5.32 Å². The second-order valence-corrected chi connectivity index (χ2v) is 5.40. The first-order chi connectivity index (χ1) is 8.93. The summed E-state index contributed by atoms with van der Waals surface area (Å²) in [6.07, 6.45) is 4.85. The highest BCUT2D eigenvalue weighted by atomic mass is 32.2. The van der Waals surface area contributed by atoms with Gasteiger partial charge in [0.05, 0.1) is 5.60 Å². The summed E-state index contributed by atoms with van der Waals surface area (Å²) in [5.74, 6) is -0.0463. The Balaban J connectivity index is 2.45. The Kier molecular flexibility index (Phi) is 6.05.